The third kappa shape index (κ3) is 6.21. The Kier molecular flexibility index (Phi) is 8.82. The van der Waals surface area contributed by atoms with Crippen molar-refractivity contribution in [3.8, 4) is 0 Å². The number of carbonyl (C=O) groups is 1. The Hall–Kier alpha value is -0.870. The smallest absolute Gasteiger partial charge is 0.303 e. The molecule has 2 bridgehead atoms. The molecular weight excluding hydrogens is 302 g/mol. The number of carboxylic acids is 1. The average molecular weight is 338 g/mol. The average Bonchev–Trinajstić information content (AvgIpc) is 3.15. The number of carboxylic acid groups (broad SMARTS) is 1. The molecule has 2 aliphatic heterocycles. The largest absolute Gasteiger partial charge is 0.481 e. The SMILES string of the molecule is CCCCCCNCC1C2CCC(O2)C1C/C=C/CCCC(=O)O. The molecule has 2 heterocycles. The number of unbranched alkanes of at least 4 members (excludes halogenated alkanes) is 4. The van der Waals surface area contributed by atoms with E-state index in [0.717, 1.165) is 32.4 Å². The number of fused-ring (bicyclic) bond motifs is 2. The van der Waals surface area contributed by atoms with Crippen LogP contribution in [0.3, 0.4) is 0 Å². The Bertz CT molecular complexity index is 396. The van der Waals surface area contributed by atoms with Crippen molar-refractivity contribution >= 4 is 5.97 Å². The van der Waals surface area contributed by atoms with Gasteiger partial charge in [0.2, 0.25) is 0 Å². The fourth-order valence-corrected chi connectivity index (χ4v) is 4.17. The molecular formula is C20H35NO3. The normalized spacial score (nSPS) is 28.9. The van der Waals surface area contributed by atoms with Gasteiger partial charge in [-0.3, -0.25) is 4.79 Å². The molecule has 0 aromatic heterocycles. The second kappa shape index (κ2) is 10.9. The number of allylic oxidation sites excluding steroid dienone is 2. The van der Waals surface area contributed by atoms with Crippen molar-refractivity contribution in [1.82, 2.24) is 5.32 Å². The first-order valence-corrected chi connectivity index (χ1v) is 9.95. The van der Waals surface area contributed by atoms with Gasteiger partial charge in [0.1, 0.15) is 0 Å². The number of nitrogens with one attached hydrogen (secondary N) is 1. The van der Waals surface area contributed by atoms with E-state index in [1.54, 1.807) is 0 Å². The van der Waals surface area contributed by atoms with E-state index in [0.29, 0.717) is 24.0 Å². The van der Waals surface area contributed by atoms with E-state index >= 15 is 0 Å². The molecule has 0 amide bonds. The quantitative estimate of drug-likeness (QED) is 0.391. The van der Waals surface area contributed by atoms with Crippen LogP contribution in [0.4, 0.5) is 0 Å². The van der Waals surface area contributed by atoms with E-state index in [-0.39, 0.29) is 6.42 Å². The van der Waals surface area contributed by atoms with Crippen molar-refractivity contribution in [2.45, 2.75) is 83.3 Å². The molecule has 2 saturated heterocycles. The Labute approximate surface area is 147 Å². The summed E-state index contributed by atoms with van der Waals surface area (Å²) in [5, 5.41) is 12.3. The highest BCUT2D eigenvalue weighted by Gasteiger charge is 2.47. The summed E-state index contributed by atoms with van der Waals surface area (Å²) in [4.78, 5) is 10.5. The fourth-order valence-electron chi connectivity index (χ4n) is 4.17. The Morgan fingerprint density at radius 1 is 1.12 bits per heavy atom. The Morgan fingerprint density at radius 3 is 2.67 bits per heavy atom. The number of ether oxygens (including phenoxy) is 1. The fraction of sp³-hybridized carbons (Fsp3) is 0.850. The van der Waals surface area contributed by atoms with Crippen LogP contribution in [0, 0.1) is 11.8 Å². The molecule has 0 aromatic carbocycles. The summed E-state index contributed by atoms with van der Waals surface area (Å²) < 4.78 is 6.15. The number of hydrogen-bond donors (Lipinski definition) is 2. The van der Waals surface area contributed by atoms with Crippen LogP contribution in [0.5, 0.6) is 0 Å². The van der Waals surface area contributed by atoms with Crippen molar-refractivity contribution in [3.63, 3.8) is 0 Å². The summed E-state index contributed by atoms with van der Waals surface area (Å²) in [5.41, 5.74) is 0. The third-order valence-electron chi connectivity index (χ3n) is 5.51. The second-order valence-corrected chi connectivity index (χ2v) is 7.38. The molecule has 2 rings (SSSR count). The molecule has 2 N–H and O–H groups in total. The first-order valence-electron chi connectivity index (χ1n) is 9.95. The number of rotatable bonds is 13. The van der Waals surface area contributed by atoms with E-state index in [1.165, 1.54) is 38.5 Å². The highest BCUT2D eigenvalue weighted by atomic mass is 16.5. The van der Waals surface area contributed by atoms with Gasteiger partial charge in [-0.15, -0.1) is 0 Å². The highest BCUT2D eigenvalue weighted by Crippen LogP contribution is 2.44. The van der Waals surface area contributed by atoms with Crippen LogP contribution < -0.4 is 5.32 Å². The van der Waals surface area contributed by atoms with Gasteiger partial charge in [0.15, 0.2) is 0 Å². The van der Waals surface area contributed by atoms with E-state index in [2.05, 4.69) is 24.4 Å². The van der Waals surface area contributed by atoms with Crippen molar-refractivity contribution in [2.24, 2.45) is 11.8 Å². The third-order valence-corrected chi connectivity index (χ3v) is 5.51. The van der Waals surface area contributed by atoms with E-state index in [1.807, 2.05) is 0 Å². The molecule has 2 aliphatic rings. The van der Waals surface area contributed by atoms with Crippen LogP contribution in [0.15, 0.2) is 12.2 Å². The van der Waals surface area contributed by atoms with E-state index in [9.17, 15) is 4.79 Å². The molecule has 4 heteroatoms. The number of aliphatic carboxylic acids is 1. The molecule has 2 fully saturated rings. The van der Waals surface area contributed by atoms with Gasteiger partial charge >= 0.3 is 5.97 Å². The van der Waals surface area contributed by atoms with Gasteiger partial charge in [0, 0.05) is 18.9 Å². The minimum Gasteiger partial charge on any atom is -0.481 e. The standard InChI is InChI=1S/C20H35NO3/c1-2-3-4-9-14-21-15-17-16(18-12-13-19(17)24-18)10-7-5-6-8-11-20(22)23/h5,7,16-19,21H,2-4,6,8-15H2,1H3,(H,22,23)/b7-5+. The molecule has 4 unspecified atom stereocenters. The Morgan fingerprint density at radius 2 is 1.92 bits per heavy atom. The lowest BCUT2D eigenvalue weighted by atomic mass is 9.77. The number of hydrogen-bond acceptors (Lipinski definition) is 3. The van der Waals surface area contributed by atoms with Crippen LogP contribution in [-0.4, -0.2) is 36.4 Å². The highest BCUT2D eigenvalue weighted by molar-refractivity contribution is 5.66. The van der Waals surface area contributed by atoms with E-state index in [4.69, 9.17) is 9.84 Å². The summed E-state index contributed by atoms with van der Waals surface area (Å²) in [6.07, 6.45) is 16.0. The van der Waals surface area contributed by atoms with Crippen molar-refractivity contribution < 1.29 is 14.6 Å². The first kappa shape index (κ1) is 19.5. The molecule has 0 saturated carbocycles. The molecule has 138 valence electrons. The van der Waals surface area contributed by atoms with Crippen molar-refractivity contribution in [1.29, 1.82) is 0 Å². The molecule has 0 aliphatic carbocycles. The summed E-state index contributed by atoms with van der Waals surface area (Å²) in [7, 11) is 0. The lowest BCUT2D eigenvalue weighted by Crippen LogP contribution is -2.35. The van der Waals surface area contributed by atoms with Gasteiger partial charge in [-0.25, -0.2) is 0 Å². The summed E-state index contributed by atoms with van der Waals surface area (Å²) in [6.45, 7) is 4.47. The van der Waals surface area contributed by atoms with Crippen LogP contribution >= 0.6 is 0 Å². The summed E-state index contributed by atoms with van der Waals surface area (Å²) >= 11 is 0. The summed E-state index contributed by atoms with van der Waals surface area (Å²) in [6, 6.07) is 0. The molecule has 4 nitrogen and oxygen atoms in total. The monoisotopic (exact) mass is 337 g/mol. The first-order chi connectivity index (χ1) is 11.7. The Balaban J connectivity index is 1.65. The van der Waals surface area contributed by atoms with Crippen molar-refractivity contribution in [2.75, 3.05) is 13.1 Å². The molecule has 4 atom stereocenters. The van der Waals surface area contributed by atoms with Gasteiger partial charge in [0.05, 0.1) is 12.2 Å². The van der Waals surface area contributed by atoms with Crippen LogP contribution in [0.1, 0.15) is 71.1 Å². The predicted octanol–water partition coefficient (Wildman–Crippen LogP) is 4.15. The van der Waals surface area contributed by atoms with Gasteiger partial charge < -0.3 is 15.2 Å². The van der Waals surface area contributed by atoms with Crippen LogP contribution in [0.25, 0.3) is 0 Å². The van der Waals surface area contributed by atoms with E-state index < -0.39 is 5.97 Å². The second-order valence-electron chi connectivity index (χ2n) is 7.38. The maximum Gasteiger partial charge on any atom is 0.303 e. The minimum atomic E-state index is -0.699. The van der Waals surface area contributed by atoms with Gasteiger partial charge in [-0.2, -0.15) is 0 Å². The molecule has 0 spiro atoms. The van der Waals surface area contributed by atoms with Gasteiger partial charge in [-0.1, -0.05) is 38.3 Å². The lowest BCUT2D eigenvalue weighted by Gasteiger charge is -2.27. The maximum absolute atomic E-state index is 10.5. The maximum atomic E-state index is 10.5. The van der Waals surface area contributed by atoms with Crippen LogP contribution in [0.2, 0.25) is 0 Å². The van der Waals surface area contributed by atoms with Crippen molar-refractivity contribution in [3.05, 3.63) is 12.2 Å². The van der Waals surface area contributed by atoms with Crippen LogP contribution in [-0.2, 0) is 9.53 Å². The lowest BCUT2D eigenvalue weighted by molar-refractivity contribution is -0.137. The summed E-state index contributed by atoms with van der Waals surface area (Å²) in [5.74, 6) is 0.594. The van der Waals surface area contributed by atoms with Gasteiger partial charge in [-0.05, 0) is 51.0 Å². The topological polar surface area (TPSA) is 58.6 Å². The molecule has 0 radical (unpaired) electrons. The predicted molar refractivity (Wildman–Crippen MR) is 97.1 cm³/mol. The zero-order valence-corrected chi connectivity index (χ0v) is 15.2. The van der Waals surface area contributed by atoms with Gasteiger partial charge in [0.25, 0.3) is 0 Å². The zero-order chi connectivity index (χ0) is 17.2. The zero-order valence-electron chi connectivity index (χ0n) is 15.2. The molecule has 24 heavy (non-hydrogen) atoms. The molecule has 0 aromatic rings. The minimum absolute atomic E-state index is 0.270.